The summed E-state index contributed by atoms with van der Waals surface area (Å²) in [5.74, 6) is 5.66. The smallest absolute Gasteiger partial charge is 0.230 e. The Labute approximate surface area is 126 Å². The van der Waals surface area contributed by atoms with Crippen LogP contribution >= 0.6 is 0 Å². The molecule has 1 amide bonds. The summed E-state index contributed by atoms with van der Waals surface area (Å²) in [7, 11) is 0. The van der Waals surface area contributed by atoms with Crippen LogP contribution in [0, 0.1) is 24.2 Å². The van der Waals surface area contributed by atoms with Crippen molar-refractivity contribution in [3.05, 3.63) is 29.3 Å². The van der Waals surface area contributed by atoms with Gasteiger partial charge in [-0.05, 0) is 43.5 Å². The summed E-state index contributed by atoms with van der Waals surface area (Å²) in [4.78, 5) is 12.5. The zero-order valence-corrected chi connectivity index (χ0v) is 12.8. The number of rotatable bonds is 2. The number of hydrogen-bond acceptors (Lipinski definition) is 2. The summed E-state index contributed by atoms with van der Waals surface area (Å²) >= 11 is 0. The number of anilines is 1. The molecule has 0 bridgehead atoms. The number of aryl methyl sites for hydroxylation is 1. The first-order valence-electron chi connectivity index (χ1n) is 7.57. The minimum Gasteiger partial charge on any atom is -0.384 e. The third kappa shape index (κ3) is 3.86. The minimum absolute atomic E-state index is 0.121. The zero-order valence-electron chi connectivity index (χ0n) is 12.8. The molecule has 1 saturated carbocycles. The van der Waals surface area contributed by atoms with Crippen LogP contribution in [0.5, 0.6) is 0 Å². The van der Waals surface area contributed by atoms with Crippen molar-refractivity contribution >= 4 is 11.6 Å². The van der Waals surface area contributed by atoms with Crippen LogP contribution in [0.1, 0.15) is 50.2 Å². The van der Waals surface area contributed by atoms with E-state index in [0.717, 1.165) is 42.5 Å². The van der Waals surface area contributed by atoms with Crippen molar-refractivity contribution in [1.82, 2.24) is 0 Å². The summed E-state index contributed by atoms with van der Waals surface area (Å²) in [6.45, 7) is 3.88. The molecule has 1 aromatic carbocycles. The summed E-state index contributed by atoms with van der Waals surface area (Å²) in [5, 5.41) is 11.8. The van der Waals surface area contributed by atoms with Gasteiger partial charge in [0.25, 0.3) is 0 Å². The predicted octanol–water partition coefficient (Wildman–Crippen LogP) is 3.25. The Morgan fingerprint density at radius 3 is 2.67 bits per heavy atom. The van der Waals surface area contributed by atoms with Crippen LogP contribution in [0.3, 0.4) is 0 Å². The molecule has 0 aliphatic heterocycles. The van der Waals surface area contributed by atoms with Gasteiger partial charge in [0, 0.05) is 16.7 Å². The quantitative estimate of drug-likeness (QED) is 0.820. The number of nitrogens with one attached hydrogen (secondary N) is 1. The molecule has 0 atom stereocenters. The van der Waals surface area contributed by atoms with Crippen LogP contribution in [-0.4, -0.2) is 17.6 Å². The van der Waals surface area contributed by atoms with Gasteiger partial charge in [0.2, 0.25) is 5.91 Å². The van der Waals surface area contributed by atoms with E-state index in [9.17, 15) is 4.79 Å². The van der Waals surface area contributed by atoms with Crippen LogP contribution in [0.2, 0.25) is 0 Å². The van der Waals surface area contributed by atoms with E-state index in [-0.39, 0.29) is 17.9 Å². The molecule has 3 heteroatoms. The molecule has 0 radical (unpaired) electrons. The lowest BCUT2D eigenvalue weighted by molar-refractivity contribution is -0.126. The Balaban J connectivity index is 2.09. The van der Waals surface area contributed by atoms with E-state index in [1.54, 1.807) is 0 Å². The van der Waals surface area contributed by atoms with Crippen LogP contribution in [0.25, 0.3) is 0 Å². The van der Waals surface area contributed by atoms with E-state index in [4.69, 9.17) is 5.11 Å². The maximum atomic E-state index is 12.5. The first kappa shape index (κ1) is 15.6. The molecule has 0 unspecified atom stereocenters. The van der Waals surface area contributed by atoms with Gasteiger partial charge in [-0.25, -0.2) is 0 Å². The molecule has 0 aromatic heterocycles. The van der Waals surface area contributed by atoms with Crippen LogP contribution in [0.4, 0.5) is 5.69 Å². The van der Waals surface area contributed by atoms with E-state index < -0.39 is 0 Å². The number of aliphatic hydroxyl groups is 1. The van der Waals surface area contributed by atoms with Gasteiger partial charge < -0.3 is 10.4 Å². The first-order valence-corrected chi connectivity index (χ1v) is 7.57. The van der Waals surface area contributed by atoms with Crippen LogP contribution < -0.4 is 5.32 Å². The van der Waals surface area contributed by atoms with Gasteiger partial charge in [0.15, 0.2) is 0 Å². The van der Waals surface area contributed by atoms with Crippen molar-refractivity contribution < 1.29 is 9.90 Å². The van der Waals surface area contributed by atoms with Gasteiger partial charge in [0.05, 0.1) is 0 Å². The number of carbonyl (C=O) groups is 1. The average molecular weight is 285 g/mol. The fraction of sp³-hybridized carbons (Fsp3) is 0.500. The van der Waals surface area contributed by atoms with Crippen LogP contribution in [-0.2, 0) is 4.79 Å². The van der Waals surface area contributed by atoms with E-state index in [0.29, 0.717) is 0 Å². The van der Waals surface area contributed by atoms with Gasteiger partial charge in [-0.15, -0.1) is 0 Å². The highest BCUT2D eigenvalue weighted by molar-refractivity contribution is 5.95. The molecule has 112 valence electrons. The molecule has 0 spiro atoms. The van der Waals surface area contributed by atoms with E-state index in [1.807, 2.05) is 25.1 Å². The summed E-state index contributed by atoms with van der Waals surface area (Å²) < 4.78 is 0. The fourth-order valence-corrected chi connectivity index (χ4v) is 2.86. The highest BCUT2D eigenvalue weighted by atomic mass is 16.2. The normalized spacial score (nSPS) is 16.7. The first-order chi connectivity index (χ1) is 10.0. The summed E-state index contributed by atoms with van der Waals surface area (Å²) in [5.41, 5.74) is 2.47. The Kier molecular flexibility index (Phi) is 5.03. The number of aliphatic hydroxyl groups excluding tert-OH is 1. The Bertz CT molecular complexity index is 575. The number of hydrogen-bond donors (Lipinski definition) is 2. The van der Waals surface area contributed by atoms with Crippen molar-refractivity contribution in [2.75, 3.05) is 11.9 Å². The lowest BCUT2D eigenvalue weighted by Gasteiger charge is -2.32. The van der Waals surface area contributed by atoms with Gasteiger partial charge in [-0.3, -0.25) is 4.79 Å². The maximum Gasteiger partial charge on any atom is 0.230 e. The molecule has 3 nitrogen and oxygen atoms in total. The lowest BCUT2D eigenvalue weighted by Crippen LogP contribution is -2.35. The second kappa shape index (κ2) is 6.78. The van der Waals surface area contributed by atoms with Gasteiger partial charge in [-0.2, -0.15) is 0 Å². The molecule has 2 N–H and O–H groups in total. The number of amides is 1. The predicted molar refractivity (Wildman–Crippen MR) is 85.0 cm³/mol. The van der Waals surface area contributed by atoms with Crippen molar-refractivity contribution in [2.45, 2.75) is 46.0 Å². The molecule has 0 heterocycles. The Hall–Kier alpha value is -1.79. The van der Waals surface area contributed by atoms with E-state index >= 15 is 0 Å². The number of benzene rings is 1. The highest BCUT2D eigenvalue weighted by Gasteiger charge is 2.34. The van der Waals surface area contributed by atoms with E-state index in [2.05, 4.69) is 24.1 Å². The van der Waals surface area contributed by atoms with E-state index in [1.165, 1.54) is 6.42 Å². The molecule has 1 aliphatic rings. The molecule has 1 aliphatic carbocycles. The molecule has 1 fully saturated rings. The fourth-order valence-electron chi connectivity index (χ4n) is 2.86. The third-order valence-electron chi connectivity index (χ3n) is 4.29. The van der Waals surface area contributed by atoms with Gasteiger partial charge >= 0.3 is 0 Å². The molecule has 1 aromatic rings. The Morgan fingerprint density at radius 1 is 1.33 bits per heavy atom. The molecule has 0 saturated heterocycles. The van der Waals surface area contributed by atoms with Crippen LogP contribution in [0.15, 0.2) is 18.2 Å². The van der Waals surface area contributed by atoms with Crippen molar-refractivity contribution in [3.63, 3.8) is 0 Å². The second-order valence-electron chi connectivity index (χ2n) is 6.07. The highest BCUT2D eigenvalue weighted by Crippen LogP contribution is 2.36. The SMILES string of the molecule is Cc1cc(NC(=O)C2(C)CCCCC2)ccc1C#CCO. The zero-order chi connectivity index (χ0) is 15.3. The van der Waals surface area contributed by atoms with Crippen molar-refractivity contribution in [2.24, 2.45) is 5.41 Å². The average Bonchev–Trinajstić information content (AvgIpc) is 2.47. The topological polar surface area (TPSA) is 49.3 Å². The summed E-state index contributed by atoms with van der Waals surface area (Å²) in [6.07, 6.45) is 5.45. The van der Waals surface area contributed by atoms with Crippen molar-refractivity contribution in [3.8, 4) is 11.8 Å². The molecular weight excluding hydrogens is 262 g/mol. The van der Waals surface area contributed by atoms with Gasteiger partial charge in [0.1, 0.15) is 6.61 Å². The standard InChI is InChI=1S/C18H23NO2/c1-14-13-16(9-8-15(14)7-6-12-20)19-17(21)18(2)10-4-3-5-11-18/h8-9,13,20H,3-5,10-12H2,1-2H3,(H,19,21). The number of carbonyl (C=O) groups excluding carboxylic acids is 1. The molecule has 21 heavy (non-hydrogen) atoms. The third-order valence-corrected chi connectivity index (χ3v) is 4.29. The molecule has 2 rings (SSSR count). The van der Waals surface area contributed by atoms with Gasteiger partial charge in [-0.1, -0.05) is 38.0 Å². The Morgan fingerprint density at radius 2 is 2.05 bits per heavy atom. The molecular formula is C18H23NO2. The second-order valence-corrected chi connectivity index (χ2v) is 6.07. The largest absolute Gasteiger partial charge is 0.384 e. The maximum absolute atomic E-state index is 12.5. The summed E-state index contributed by atoms with van der Waals surface area (Å²) in [6, 6.07) is 5.70. The van der Waals surface area contributed by atoms with Crippen molar-refractivity contribution in [1.29, 1.82) is 0 Å². The minimum atomic E-state index is -0.235. The lowest BCUT2D eigenvalue weighted by atomic mass is 9.75. The monoisotopic (exact) mass is 285 g/mol.